The van der Waals surface area contributed by atoms with Gasteiger partial charge in [0.25, 0.3) is 0 Å². The van der Waals surface area contributed by atoms with Gasteiger partial charge in [0.05, 0.1) is 26.4 Å². The summed E-state index contributed by atoms with van der Waals surface area (Å²) in [5.74, 6) is -1.38. The molecule has 102 heavy (non-hydrogen) atoms. The van der Waals surface area contributed by atoms with Crippen molar-refractivity contribution in [3.8, 4) is 0 Å². The Kier molecular flexibility index (Phi) is 74.4. The summed E-state index contributed by atoms with van der Waals surface area (Å²) in [6, 6.07) is 0. The maximum atomic E-state index is 13.1. The van der Waals surface area contributed by atoms with Crippen LogP contribution in [0.3, 0.4) is 0 Å². The predicted octanol–water partition coefficient (Wildman–Crippen LogP) is 25.2. The second kappa shape index (κ2) is 75.9. The third-order valence-corrected chi connectivity index (χ3v) is 21.4. The summed E-state index contributed by atoms with van der Waals surface area (Å²) < 4.78 is 68.8. The fourth-order valence-electron chi connectivity index (χ4n) is 12.9. The van der Waals surface area contributed by atoms with E-state index >= 15 is 0 Å². The molecule has 606 valence electrons. The summed E-state index contributed by atoms with van der Waals surface area (Å²) in [5, 5.41) is 10.6. The van der Waals surface area contributed by atoms with Gasteiger partial charge in [-0.1, -0.05) is 394 Å². The van der Waals surface area contributed by atoms with Crippen LogP contribution in [-0.4, -0.2) is 96.7 Å². The SMILES string of the molecule is CCCCCCCCCCCCCCCCCCCCCCC(=O)O[C@H](COC(=O)CCCCCCCCCCCCCCCCCCCCC)COP(=O)(O)OC[C@@H](O)COP(=O)(O)OC[C@@H](COC(=O)CCCCCCCCCCC(C)C)OC(=O)CCCCCCCCCCCCCC. The van der Waals surface area contributed by atoms with Crippen LogP contribution in [0, 0.1) is 5.92 Å². The van der Waals surface area contributed by atoms with Gasteiger partial charge in [0.15, 0.2) is 12.2 Å². The van der Waals surface area contributed by atoms with Crippen LogP contribution >= 0.6 is 15.6 Å². The predicted molar refractivity (Wildman–Crippen MR) is 418 cm³/mol. The van der Waals surface area contributed by atoms with E-state index in [-0.39, 0.29) is 25.7 Å². The van der Waals surface area contributed by atoms with E-state index in [0.29, 0.717) is 25.7 Å². The van der Waals surface area contributed by atoms with Crippen molar-refractivity contribution in [1.29, 1.82) is 0 Å². The Morgan fingerprint density at radius 3 is 0.667 bits per heavy atom. The minimum atomic E-state index is -4.96. The van der Waals surface area contributed by atoms with E-state index in [2.05, 4.69) is 34.6 Å². The lowest BCUT2D eigenvalue weighted by molar-refractivity contribution is -0.161. The molecule has 0 aliphatic heterocycles. The molecule has 0 radical (unpaired) electrons. The standard InChI is InChI=1S/C83H162O17P2/c1-6-9-12-15-18-21-24-27-29-31-33-35-37-39-41-44-47-54-59-64-69-83(88)99-78(72-93-80(85)66-61-56-51-45-43-40-38-36-34-32-30-28-25-22-19-16-13-10-7-2)74-97-101(89,90)95-70-77(84)71-96-102(91,92)98-75-79(73-94-81(86)67-62-57-52-49-48-50-55-60-65-76(4)5)100-82(87)68-63-58-53-46-42-26-23-20-17-14-11-8-3/h76-79,84H,6-75H2,1-5H3,(H,89,90)(H,91,92)/t77-,78-,79-/m1/s1. The van der Waals surface area contributed by atoms with Crippen LogP contribution in [0.2, 0.25) is 0 Å². The Morgan fingerprint density at radius 1 is 0.265 bits per heavy atom. The second-order valence-corrected chi connectivity index (χ2v) is 33.3. The molecule has 0 saturated heterocycles. The smallest absolute Gasteiger partial charge is 0.462 e. The van der Waals surface area contributed by atoms with Gasteiger partial charge in [0, 0.05) is 25.7 Å². The van der Waals surface area contributed by atoms with Gasteiger partial charge >= 0.3 is 39.5 Å². The molecule has 3 N–H and O–H groups in total. The minimum Gasteiger partial charge on any atom is -0.462 e. The van der Waals surface area contributed by atoms with Crippen molar-refractivity contribution in [3.63, 3.8) is 0 Å². The number of phosphoric acid groups is 2. The zero-order valence-corrected chi connectivity index (χ0v) is 68.5. The van der Waals surface area contributed by atoms with Crippen molar-refractivity contribution in [2.45, 2.75) is 464 Å². The third kappa shape index (κ3) is 76.3. The van der Waals surface area contributed by atoms with Gasteiger partial charge in [-0.3, -0.25) is 37.3 Å². The Morgan fingerprint density at radius 2 is 0.451 bits per heavy atom. The maximum Gasteiger partial charge on any atom is 0.472 e. The molecule has 5 atom stereocenters. The lowest BCUT2D eigenvalue weighted by Crippen LogP contribution is -2.30. The third-order valence-electron chi connectivity index (χ3n) is 19.5. The first-order valence-electron chi connectivity index (χ1n) is 43.1. The summed E-state index contributed by atoms with van der Waals surface area (Å²) in [6.07, 6.45) is 68.1. The molecule has 19 heteroatoms. The molecule has 0 aliphatic carbocycles. The highest BCUT2D eigenvalue weighted by atomic mass is 31.2. The van der Waals surface area contributed by atoms with Gasteiger partial charge in [0.2, 0.25) is 0 Å². The van der Waals surface area contributed by atoms with Crippen molar-refractivity contribution < 1.29 is 80.2 Å². The van der Waals surface area contributed by atoms with Gasteiger partial charge in [-0.15, -0.1) is 0 Å². The zero-order chi connectivity index (χ0) is 74.8. The van der Waals surface area contributed by atoms with E-state index in [9.17, 15) is 43.2 Å². The van der Waals surface area contributed by atoms with E-state index < -0.39 is 97.5 Å². The minimum absolute atomic E-state index is 0.107. The molecule has 17 nitrogen and oxygen atoms in total. The van der Waals surface area contributed by atoms with E-state index in [0.717, 1.165) is 95.8 Å². The number of carbonyl (C=O) groups excluding carboxylic acids is 4. The number of rotatable bonds is 83. The average molecular weight is 1490 g/mol. The molecular weight excluding hydrogens is 1330 g/mol. The number of carbonyl (C=O) groups is 4. The number of hydrogen-bond donors (Lipinski definition) is 3. The van der Waals surface area contributed by atoms with E-state index in [1.165, 1.54) is 270 Å². The molecule has 0 bridgehead atoms. The normalized spacial score (nSPS) is 13.8. The van der Waals surface area contributed by atoms with Gasteiger partial charge in [0.1, 0.15) is 19.3 Å². The van der Waals surface area contributed by atoms with Crippen molar-refractivity contribution in [3.05, 3.63) is 0 Å². The van der Waals surface area contributed by atoms with Crippen molar-refractivity contribution in [2.24, 2.45) is 5.92 Å². The molecule has 0 amide bonds. The van der Waals surface area contributed by atoms with E-state index in [1.54, 1.807) is 0 Å². The largest absolute Gasteiger partial charge is 0.472 e. The topological polar surface area (TPSA) is 237 Å². The van der Waals surface area contributed by atoms with Crippen molar-refractivity contribution >= 4 is 39.5 Å². The fourth-order valence-corrected chi connectivity index (χ4v) is 14.5. The molecule has 0 heterocycles. The number of hydrogen-bond acceptors (Lipinski definition) is 15. The Balaban J connectivity index is 5.22. The number of aliphatic hydroxyl groups is 1. The number of phosphoric ester groups is 2. The summed E-state index contributed by atoms with van der Waals surface area (Å²) in [4.78, 5) is 73.1. The molecule has 0 aromatic carbocycles. The summed E-state index contributed by atoms with van der Waals surface area (Å²) in [7, 11) is -9.92. The zero-order valence-electron chi connectivity index (χ0n) is 66.8. The lowest BCUT2D eigenvalue weighted by Gasteiger charge is -2.21. The van der Waals surface area contributed by atoms with E-state index in [1.807, 2.05) is 0 Å². The Bertz CT molecular complexity index is 1940. The highest BCUT2D eigenvalue weighted by molar-refractivity contribution is 7.47. The monoisotopic (exact) mass is 1490 g/mol. The fraction of sp³-hybridized carbons (Fsp3) is 0.952. The number of aliphatic hydroxyl groups excluding tert-OH is 1. The molecule has 0 rings (SSSR count). The van der Waals surface area contributed by atoms with Gasteiger partial charge in [-0.2, -0.15) is 0 Å². The molecule has 0 fully saturated rings. The molecular formula is C83H162O17P2. The summed E-state index contributed by atoms with van der Waals surface area (Å²) in [6.45, 7) is 7.30. The van der Waals surface area contributed by atoms with Gasteiger partial charge < -0.3 is 33.8 Å². The molecule has 0 saturated carbocycles. The highest BCUT2D eigenvalue weighted by Gasteiger charge is 2.30. The Labute approximate surface area is 626 Å². The van der Waals surface area contributed by atoms with Crippen LogP contribution in [0.5, 0.6) is 0 Å². The molecule has 0 aromatic rings. The van der Waals surface area contributed by atoms with Gasteiger partial charge in [-0.05, 0) is 31.6 Å². The summed E-state index contributed by atoms with van der Waals surface area (Å²) >= 11 is 0. The van der Waals surface area contributed by atoms with Crippen LogP contribution < -0.4 is 0 Å². The second-order valence-electron chi connectivity index (χ2n) is 30.3. The van der Waals surface area contributed by atoms with E-state index in [4.69, 9.17) is 37.0 Å². The number of unbranched alkanes of at least 4 members (excludes halogenated alkanes) is 55. The lowest BCUT2D eigenvalue weighted by atomic mass is 10.0. The van der Waals surface area contributed by atoms with Crippen LogP contribution in [0.25, 0.3) is 0 Å². The van der Waals surface area contributed by atoms with Crippen LogP contribution in [0.1, 0.15) is 446 Å². The first kappa shape index (κ1) is 100. The van der Waals surface area contributed by atoms with Crippen LogP contribution in [0.15, 0.2) is 0 Å². The quantitative estimate of drug-likeness (QED) is 0.0222. The molecule has 2 unspecified atom stereocenters. The highest BCUT2D eigenvalue weighted by Crippen LogP contribution is 2.45. The number of ether oxygens (including phenoxy) is 4. The first-order valence-corrected chi connectivity index (χ1v) is 46.1. The van der Waals surface area contributed by atoms with Crippen molar-refractivity contribution in [1.82, 2.24) is 0 Å². The van der Waals surface area contributed by atoms with Crippen LogP contribution in [-0.2, 0) is 65.4 Å². The van der Waals surface area contributed by atoms with Crippen LogP contribution in [0.4, 0.5) is 0 Å². The van der Waals surface area contributed by atoms with Crippen molar-refractivity contribution in [2.75, 3.05) is 39.6 Å². The molecule has 0 aliphatic rings. The maximum absolute atomic E-state index is 13.1. The average Bonchev–Trinajstić information content (AvgIpc) is 0.909. The summed E-state index contributed by atoms with van der Waals surface area (Å²) in [5.41, 5.74) is 0. The number of esters is 4. The Hall–Kier alpha value is -1.94. The first-order chi connectivity index (χ1) is 49.5. The molecule has 0 spiro atoms. The molecule has 0 aromatic heterocycles. The van der Waals surface area contributed by atoms with Gasteiger partial charge in [-0.25, -0.2) is 9.13 Å².